The minimum absolute atomic E-state index is 0. The third-order valence-electron chi connectivity index (χ3n) is 4.17. The van der Waals surface area contributed by atoms with Crippen molar-refractivity contribution in [2.45, 2.75) is 44.4 Å². The monoisotopic (exact) mass is 355 g/mol. The standard InChI is InChI=1S/C14H20F3N3S.ClH/c15-14(16,17)12-8-19-13(21-12)9-20-5-3-11(4-6-20)18-7-10-1-2-10;/h8,10-11,18H,1-7,9H2;1H. The molecule has 1 aromatic heterocycles. The lowest BCUT2D eigenvalue weighted by atomic mass is 10.0. The second-order valence-corrected chi connectivity index (χ2v) is 7.13. The zero-order valence-electron chi connectivity index (χ0n) is 12.2. The topological polar surface area (TPSA) is 28.2 Å². The lowest BCUT2D eigenvalue weighted by Gasteiger charge is -2.31. The van der Waals surface area contributed by atoms with Crippen molar-refractivity contribution in [3.05, 3.63) is 16.1 Å². The Labute approximate surface area is 138 Å². The molecule has 0 amide bonds. The molecule has 2 fully saturated rings. The lowest BCUT2D eigenvalue weighted by Crippen LogP contribution is -2.42. The Kier molecular flexibility index (Phi) is 6.10. The van der Waals surface area contributed by atoms with Crippen LogP contribution in [0.3, 0.4) is 0 Å². The van der Waals surface area contributed by atoms with Crippen molar-refractivity contribution in [1.82, 2.24) is 15.2 Å². The summed E-state index contributed by atoms with van der Waals surface area (Å²) in [7, 11) is 0. The van der Waals surface area contributed by atoms with Crippen molar-refractivity contribution in [2.24, 2.45) is 5.92 Å². The number of rotatable bonds is 5. The van der Waals surface area contributed by atoms with Crippen LogP contribution in [0.25, 0.3) is 0 Å². The summed E-state index contributed by atoms with van der Waals surface area (Å²) < 4.78 is 37.6. The van der Waals surface area contributed by atoms with Crippen LogP contribution in [-0.2, 0) is 12.7 Å². The first kappa shape index (κ1) is 18.0. The van der Waals surface area contributed by atoms with Crippen LogP contribution >= 0.6 is 23.7 Å². The number of hydrogen-bond acceptors (Lipinski definition) is 4. The summed E-state index contributed by atoms with van der Waals surface area (Å²) in [6, 6.07) is 0.573. The molecule has 1 saturated carbocycles. The summed E-state index contributed by atoms with van der Waals surface area (Å²) >= 11 is 0.763. The van der Waals surface area contributed by atoms with E-state index < -0.39 is 11.1 Å². The normalized spacial score (nSPS) is 20.9. The summed E-state index contributed by atoms with van der Waals surface area (Å²) in [6.45, 7) is 3.54. The fourth-order valence-corrected chi connectivity index (χ4v) is 3.48. The van der Waals surface area contributed by atoms with E-state index in [9.17, 15) is 13.2 Å². The van der Waals surface area contributed by atoms with Gasteiger partial charge in [-0.1, -0.05) is 0 Å². The average Bonchev–Trinajstić information content (AvgIpc) is 3.14. The molecular weight excluding hydrogens is 335 g/mol. The van der Waals surface area contributed by atoms with Crippen LogP contribution in [-0.4, -0.2) is 35.6 Å². The predicted octanol–water partition coefficient (Wildman–Crippen LogP) is 3.55. The third kappa shape index (κ3) is 5.08. The minimum Gasteiger partial charge on any atom is -0.314 e. The largest absolute Gasteiger partial charge is 0.427 e. The third-order valence-corrected chi connectivity index (χ3v) is 5.20. The number of halogens is 4. The van der Waals surface area contributed by atoms with Gasteiger partial charge >= 0.3 is 6.18 Å². The van der Waals surface area contributed by atoms with Crippen LogP contribution < -0.4 is 5.32 Å². The van der Waals surface area contributed by atoms with Gasteiger partial charge in [0.05, 0.1) is 12.7 Å². The van der Waals surface area contributed by atoms with Crippen LogP contribution in [0.4, 0.5) is 13.2 Å². The highest BCUT2D eigenvalue weighted by Crippen LogP contribution is 2.33. The highest BCUT2D eigenvalue weighted by atomic mass is 35.5. The lowest BCUT2D eigenvalue weighted by molar-refractivity contribution is -0.134. The molecule has 1 aromatic rings. The van der Waals surface area contributed by atoms with Crippen LogP contribution in [0.1, 0.15) is 35.6 Å². The highest BCUT2D eigenvalue weighted by Gasteiger charge is 2.33. The Hall–Kier alpha value is -0.370. The molecule has 2 aliphatic rings. The number of hydrogen-bond donors (Lipinski definition) is 1. The molecule has 2 heterocycles. The number of piperidine rings is 1. The first-order valence-corrected chi connectivity index (χ1v) is 8.30. The maximum atomic E-state index is 12.5. The van der Waals surface area contributed by atoms with Gasteiger partial charge in [0, 0.05) is 19.1 Å². The number of nitrogens with zero attached hydrogens (tertiary/aromatic N) is 2. The number of thiazole rings is 1. The summed E-state index contributed by atoms with van der Waals surface area (Å²) in [6.07, 6.45) is 1.54. The first-order chi connectivity index (χ1) is 10.0. The van der Waals surface area contributed by atoms with Gasteiger partial charge in [-0.05, 0) is 38.1 Å². The Bertz CT molecular complexity index is 468. The molecule has 0 spiro atoms. The molecule has 0 unspecified atom stereocenters. The van der Waals surface area contributed by atoms with Gasteiger partial charge in [0.2, 0.25) is 0 Å². The number of nitrogens with one attached hydrogen (secondary N) is 1. The number of alkyl halides is 3. The van der Waals surface area contributed by atoms with E-state index in [0.717, 1.165) is 55.9 Å². The fourth-order valence-electron chi connectivity index (χ4n) is 2.66. The Morgan fingerprint density at radius 3 is 2.45 bits per heavy atom. The van der Waals surface area contributed by atoms with Gasteiger partial charge in [-0.2, -0.15) is 13.2 Å². The van der Waals surface area contributed by atoms with Gasteiger partial charge in [-0.3, -0.25) is 4.90 Å². The van der Waals surface area contributed by atoms with E-state index in [1.807, 2.05) is 0 Å². The Morgan fingerprint density at radius 2 is 1.91 bits per heavy atom. The molecule has 8 heteroatoms. The van der Waals surface area contributed by atoms with Gasteiger partial charge in [0.25, 0.3) is 0 Å². The predicted molar refractivity (Wildman–Crippen MR) is 83.4 cm³/mol. The summed E-state index contributed by atoms with van der Waals surface area (Å²) in [5.41, 5.74) is 0. The van der Waals surface area contributed by atoms with Gasteiger partial charge in [-0.25, -0.2) is 4.98 Å². The van der Waals surface area contributed by atoms with Crippen molar-refractivity contribution >= 4 is 23.7 Å². The quantitative estimate of drug-likeness (QED) is 0.875. The molecule has 126 valence electrons. The second-order valence-electron chi connectivity index (χ2n) is 6.02. The van der Waals surface area contributed by atoms with Crippen molar-refractivity contribution < 1.29 is 13.2 Å². The fraction of sp³-hybridized carbons (Fsp3) is 0.786. The molecule has 0 radical (unpaired) electrons. The Morgan fingerprint density at radius 1 is 1.23 bits per heavy atom. The zero-order valence-corrected chi connectivity index (χ0v) is 13.9. The smallest absolute Gasteiger partial charge is 0.314 e. The van der Waals surface area contributed by atoms with E-state index in [0.29, 0.717) is 17.6 Å². The van der Waals surface area contributed by atoms with Crippen LogP contribution in [0, 0.1) is 5.92 Å². The maximum Gasteiger partial charge on any atom is 0.427 e. The van der Waals surface area contributed by atoms with Crippen LogP contribution in [0.2, 0.25) is 0 Å². The molecule has 0 atom stereocenters. The van der Waals surface area contributed by atoms with Gasteiger partial charge in [0.15, 0.2) is 0 Å². The van der Waals surface area contributed by atoms with E-state index in [1.165, 1.54) is 12.8 Å². The molecule has 3 nitrogen and oxygen atoms in total. The van der Waals surface area contributed by atoms with E-state index >= 15 is 0 Å². The van der Waals surface area contributed by atoms with Crippen LogP contribution in [0.5, 0.6) is 0 Å². The molecule has 1 aliphatic heterocycles. The second kappa shape index (κ2) is 7.47. The average molecular weight is 356 g/mol. The molecule has 0 aromatic carbocycles. The van der Waals surface area contributed by atoms with Crippen molar-refractivity contribution in [1.29, 1.82) is 0 Å². The molecule has 1 saturated heterocycles. The minimum atomic E-state index is -4.27. The first-order valence-electron chi connectivity index (χ1n) is 7.48. The number of likely N-dealkylation sites (tertiary alicyclic amines) is 1. The zero-order chi connectivity index (χ0) is 14.9. The highest BCUT2D eigenvalue weighted by molar-refractivity contribution is 7.11. The summed E-state index contributed by atoms with van der Waals surface area (Å²) in [4.78, 5) is 5.51. The van der Waals surface area contributed by atoms with Gasteiger partial charge in [0.1, 0.15) is 9.88 Å². The Balaban J connectivity index is 0.00000176. The molecule has 3 rings (SSSR count). The number of aromatic nitrogens is 1. The van der Waals surface area contributed by atoms with E-state index in [-0.39, 0.29) is 12.4 Å². The molecule has 0 bridgehead atoms. The van der Waals surface area contributed by atoms with Gasteiger partial charge in [-0.15, -0.1) is 23.7 Å². The van der Waals surface area contributed by atoms with Gasteiger partial charge < -0.3 is 5.32 Å². The van der Waals surface area contributed by atoms with E-state index in [4.69, 9.17) is 0 Å². The van der Waals surface area contributed by atoms with E-state index in [2.05, 4.69) is 15.2 Å². The summed E-state index contributed by atoms with van der Waals surface area (Å²) in [5.74, 6) is 0.888. The summed E-state index contributed by atoms with van der Waals surface area (Å²) in [5, 5.41) is 4.17. The molecule has 22 heavy (non-hydrogen) atoms. The van der Waals surface area contributed by atoms with E-state index in [1.54, 1.807) is 0 Å². The maximum absolute atomic E-state index is 12.5. The molecular formula is C14H21ClF3N3S. The van der Waals surface area contributed by atoms with Crippen molar-refractivity contribution in [2.75, 3.05) is 19.6 Å². The van der Waals surface area contributed by atoms with Crippen molar-refractivity contribution in [3.8, 4) is 0 Å². The van der Waals surface area contributed by atoms with Crippen LogP contribution in [0.15, 0.2) is 6.20 Å². The SMILES string of the molecule is Cl.FC(F)(F)c1cnc(CN2CCC(NCC3CC3)CC2)s1. The van der Waals surface area contributed by atoms with Crippen molar-refractivity contribution in [3.63, 3.8) is 0 Å². The molecule has 1 aliphatic carbocycles. The molecule has 1 N–H and O–H groups in total.